The maximum absolute atomic E-state index is 11.8. The van der Waals surface area contributed by atoms with Gasteiger partial charge in [0, 0.05) is 6.54 Å². The normalized spacial score (nSPS) is 29.2. The molecule has 0 aromatic carbocycles. The van der Waals surface area contributed by atoms with Crippen LogP contribution >= 0.6 is 0 Å². The Labute approximate surface area is 133 Å². The first kappa shape index (κ1) is 18.9. The third-order valence-electron chi connectivity index (χ3n) is 4.39. The van der Waals surface area contributed by atoms with Gasteiger partial charge in [-0.3, -0.25) is 19.3 Å². The fourth-order valence-corrected chi connectivity index (χ4v) is 2.92. The molecule has 0 radical (unpaired) electrons. The Balaban J connectivity index is 2.81. The van der Waals surface area contributed by atoms with Gasteiger partial charge in [-0.15, -0.1) is 0 Å². The van der Waals surface area contributed by atoms with Crippen molar-refractivity contribution in [1.29, 1.82) is 0 Å². The Morgan fingerprint density at radius 3 is 1.82 bits per heavy atom. The van der Waals surface area contributed by atoms with E-state index in [0.717, 1.165) is 0 Å². The van der Waals surface area contributed by atoms with E-state index in [9.17, 15) is 14.4 Å². The predicted molar refractivity (Wildman–Crippen MR) is 85.9 cm³/mol. The Kier molecular flexibility index (Phi) is 7.85. The molecule has 0 saturated carbocycles. The van der Waals surface area contributed by atoms with Crippen LogP contribution in [0, 0.1) is 0 Å². The van der Waals surface area contributed by atoms with Crippen LogP contribution in [0.4, 0.5) is 0 Å². The average molecular weight is 311 g/mol. The van der Waals surface area contributed by atoms with Crippen molar-refractivity contribution in [2.24, 2.45) is 0 Å². The first-order valence-electron chi connectivity index (χ1n) is 8.01. The maximum Gasteiger partial charge on any atom is 0.146 e. The Bertz CT molecular complexity index is 411. The topological polar surface area (TPSA) is 78.5 Å². The lowest BCUT2D eigenvalue weighted by molar-refractivity contribution is -0.122. The van der Waals surface area contributed by atoms with Crippen LogP contribution in [0.1, 0.15) is 40.0 Å². The smallest absolute Gasteiger partial charge is 0.146 e. The predicted octanol–water partition coefficient (Wildman–Crippen LogP) is 0.154. The molecular formula is C16H29N3O3. The molecule has 1 heterocycles. The molecule has 2 N–H and O–H groups in total. The van der Waals surface area contributed by atoms with E-state index in [4.69, 9.17) is 0 Å². The van der Waals surface area contributed by atoms with E-state index >= 15 is 0 Å². The number of nitrogens with one attached hydrogen (secondary N) is 2. The third kappa shape index (κ3) is 5.94. The number of carbonyl (C=O) groups excluding carboxylic acids is 3. The number of ketones is 3. The first-order valence-corrected chi connectivity index (χ1v) is 8.01. The van der Waals surface area contributed by atoms with E-state index in [0.29, 0.717) is 38.9 Å². The van der Waals surface area contributed by atoms with Crippen LogP contribution in [0.25, 0.3) is 0 Å². The molecule has 1 aliphatic rings. The number of Topliss-reactive ketones (excluding diaryl/α,β-unsaturated/α-hetero) is 3. The minimum absolute atomic E-state index is 0.0889. The second-order valence-corrected chi connectivity index (χ2v) is 6.21. The van der Waals surface area contributed by atoms with Gasteiger partial charge in [-0.2, -0.15) is 0 Å². The van der Waals surface area contributed by atoms with Crippen LogP contribution in [0.2, 0.25) is 0 Å². The summed E-state index contributed by atoms with van der Waals surface area (Å²) in [6.07, 6.45) is 2.00. The number of rotatable bonds is 3. The van der Waals surface area contributed by atoms with Crippen molar-refractivity contribution < 1.29 is 14.4 Å². The van der Waals surface area contributed by atoms with Gasteiger partial charge in [0.25, 0.3) is 0 Å². The fraction of sp³-hybridized carbons (Fsp3) is 0.812. The summed E-state index contributed by atoms with van der Waals surface area (Å²) in [5, 5.41) is 6.47. The second-order valence-electron chi connectivity index (χ2n) is 6.21. The van der Waals surface area contributed by atoms with Crippen molar-refractivity contribution in [3.63, 3.8) is 0 Å². The van der Waals surface area contributed by atoms with Gasteiger partial charge >= 0.3 is 0 Å². The Hall–Kier alpha value is -1.11. The molecule has 22 heavy (non-hydrogen) atoms. The average Bonchev–Trinajstić information content (AvgIpc) is 2.41. The molecule has 0 aromatic rings. The Morgan fingerprint density at radius 1 is 0.818 bits per heavy atom. The summed E-state index contributed by atoms with van der Waals surface area (Å²) in [5.41, 5.74) is 0. The van der Waals surface area contributed by atoms with Crippen LogP contribution in [0.3, 0.4) is 0 Å². The molecule has 0 aliphatic carbocycles. The number of nitrogens with zero attached hydrogens (tertiary/aromatic N) is 1. The van der Waals surface area contributed by atoms with Gasteiger partial charge < -0.3 is 10.6 Å². The zero-order valence-corrected chi connectivity index (χ0v) is 14.1. The number of likely N-dealkylation sites (N-methyl/N-ethyl adjacent to an activating group) is 1. The Morgan fingerprint density at radius 2 is 1.32 bits per heavy atom. The lowest BCUT2D eigenvalue weighted by Gasteiger charge is -2.29. The van der Waals surface area contributed by atoms with Crippen LogP contribution in [-0.2, 0) is 14.4 Å². The number of hydrogen-bond donors (Lipinski definition) is 2. The van der Waals surface area contributed by atoms with E-state index < -0.39 is 0 Å². The fourth-order valence-electron chi connectivity index (χ4n) is 2.92. The molecule has 0 bridgehead atoms. The number of carbonyl (C=O) groups is 3. The molecule has 6 heteroatoms. The third-order valence-corrected chi connectivity index (χ3v) is 4.39. The van der Waals surface area contributed by atoms with Gasteiger partial charge in [0.2, 0.25) is 0 Å². The molecule has 3 unspecified atom stereocenters. The SMILES string of the molecule is CC(=O)C1CCNC(C(C)=O)CCN(C)C(C(C)=O)CCN1. The van der Waals surface area contributed by atoms with Crippen LogP contribution in [0.15, 0.2) is 0 Å². The zero-order chi connectivity index (χ0) is 16.7. The lowest BCUT2D eigenvalue weighted by Crippen LogP contribution is -2.47. The van der Waals surface area contributed by atoms with E-state index in [1.54, 1.807) is 20.8 Å². The summed E-state index contributed by atoms with van der Waals surface area (Å²) in [7, 11) is 1.91. The molecule has 3 atom stereocenters. The zero-order valence-electron chi connectivity index (χ0n) is 14.1. The summed E-state index contributed by atoms with van der Waals surface area (Å²) in [6, 6.07) is -0.619. The molecular weight excluding hydrogens is 282 g/mol. The minimum Gasteiger partial charge on any atom is -0.307 e. The highest BCUT2D eigenvalue weighted by Gasteiger charge is 2.24. The van der Waals surface area contributed by atoms with Crippen molar-refractivity contribution in [2.45, 2.75) is 58.2 Å². The second kappa shape index (κ2) is 9.12. The summed E-state index contributed by atoms with van der Waals surface area (Å²) < 4.78 is 0. The van der Waals surface area contributed by atoms with E-state index in [1.165, 1.54) is 0 Å². The molecule has 6 nitrogen and oxygen atoms in total. The van der Waals surface area contributed by atoms with Crippen molar-refractivity contribution >= 4 is 17.3 Å². The molecule has 0 aromatic heterocycles. The quantitative estimate of drug-likeness (QED) is 0.773. The number of hydrogen-bond acceptors (Lipinski definition) is 6. The summed E-state index contributed by atoms with van der Waals surface area (Å²) in [6.45, 7) is 6.69. The van der Waals surface area contributed by atoms with Crippen LogP contribution in [0.5, 0.6) is 0 Å². The summed E-state index contributed by atoms with van der Waals surface area (Å²) in [4.78, 5) is 37.2. The minimum atomic E-state index is -0.225. The summed E-state index contributed by atoms with van der Waals surface area (Å²) >= 11 is 0. The van der Waals surface area contributed by atoms with Gasteiger partial charge in [-0.05, 0) is 60.2 Å². The van der Waals surface area contributed by atoms with Gasteiger partial charge in [-0.25, -0.2) is 0 Å². The largest absolute Gasteiger partial charge is 0.307 e. The monoisotopic (exact) mass is 311 g/mol. The van der Waals surface area contributed by atoms with E-state index in [1.807, 2.05) is 11.9 Å². The van der Waals surface area contributed by atoms with E-state index in [2.05, 4.69) is 10.6 Å². The molecule has 0 spiro atoms. The van der Waals surface area contributed by atoms with Crippen molar-refractivity contribution in [3.05, 3.63) is 0 Å². The standard InChI is InChI=1S/C16H29N3O3/c1-11(20)14-5-8-17-15(12(2)21)7-10-19(4)16(13(3)22)6-9-18-14/h14-18H,5-10H2,1-4H3. The van der Waals surface area contributed by atoms with Crippen molar-refractivity contribution in [3.8, 4) is 0 Å². The van der Waals surface area contributed by atoms with Crippen molar-refractivity contribution in [2.75, 3.05) is 26.7 Å². The van der Waals surface area contributed by atoms with Crippen LogP contribution in [-0.4, -0.2) is 67.1 Å². The molecule has 0 amide bonds. The van der Waals surface area contributed by atoms with E-state index in [-0.39, 0.29) is 35.5 Å². The lowest BCUT2D eigenvalue weighted by atomic mass is 10.0. The molecule has 1 fully saturated rings. The molecule has 1 aliphatic heterocycles. The highest BCUT2D eigenvalue weighted by Crippen LogP contribution is 2.08. The molecule has 126 valence electrons. The molecule has 1 saturated heterocycles. The molecule has 1 rings (SSSR count). The maximum atomic E-state index is 11.8. The highest BCUT2D eigenvalue weighted by atomic mass is 16.1. The highest BCUT2D eigenvalue weighted by molar-refractivity contribution is 5.82. The van der Waals surface area contributed by atoms with Crippen molar-refractivity contribution in [1.82, 2.24) is 15.5 Å². The van der Waals surface area contributed by atoms with Gasteiger partial charge in [-0.1, -0.05) is 0 Å². The summed E-state index contributed by atoms with van der Waals surface area (Å²) in [5.74, 6) is 0.302. The first-order chi connectivity index (χ1) is 10.3. The van der Waals surface area contributed by atoms with Gasteiger partial charge in [0.15, 0.2) is 0 Å². The van der Waals surface area contributed by atoms with Gasteiger partial charge in [0.05, 0.1) is 18.1 Å². The van der Waals surface area contributed by atoms with Gasteiger partial charge in [0.1, 0.15) is 17.3 Å². The van der Waals surface area contributed by atoms with Crippen LogP contribution < -0.4 is 10.6 Å².